The number of methoxy groups -OCH3 is 1. The Bertz CT molecular complexity index is 816. The van der Waals surface area contributed by atoms with Crippen molar-refractivity contribution in [2.45, 2.75) is 32.4 Å². The predicted octanol–water partition coefficient (Wildman–Crippen LogP) is 3.03. The number of esters is 2. The molecule has 0 radical (unpaired) electrons. The van der Waals surface area contributed by atoms with Gasteiger partial charge in [0.05, 0.1) is 24.9 Å². The molecule has 152 valence electrons. The Labute approximate surface area is 159 Å². The fourth-order valence-corrected chi connectivity index (χ4v) is 3.13. The number of carbonyl (C=O) groups excluding carboxylic acids is 3. The van der Waals surface area contributed by atoms with Crippen molar-refractivity contribution in [3.8, 4) is 0 Å². The summed E-state index contributed by atoms with van der Waals surface area (Å²) >= 11 is 0. The molecule has 1 aliphatic heterocycles. The quantitative estimate of drug-likeness (QED) is 0.712. The number of hydrogen-bond donors (Lipinski definition) is 0. The zero-order valence-electron chi connectivity index (χ0n) is 15.6. The molecule has 0 saturated heterocycles. The first-order chi connectivity index (χ1) is 13.1. The second kappa shape index (κ2) is 8.45. The van der Waals surface area contributed by atoms with E-state index >= 15 is 0 Å². The van der Waals surface area contributed by atoms with E-state index in [1.54, 1.807) is 6.92 Å². The minimum absolute atomic E-state index is 0.0331. The average Bonchev–Trinajstić information content (AvgIpc) is 2.63. The van der Waals surface area contributed by atoms with Gasteiger partial charge in [0.2, 0.25) is 5.91 Å². The summed E-state index contributed by atoms with van der Waals surface area (Å²) in [6, 6.07) is 4.47. The van der Waals surface area contributed by atoms with E-state index in [0.717, 1.165) is 24.1 Å². The van der Waals surface area contributed by atoms with Gasteiger partial charge in [0.1, 0.15) is 6.54 Å². The van der Waals surface area contributed by atoms with E-state index < -0.39 is 42.0 Å². The first-order valence-electron chi connectivity index (χ1n) is 8.52. The van der Waals surface area contributed by atoms with Gasteiger partial charge in [-0.1, -0.05) is 18.2 Å². The molecule has 28 heavy (non-hydrogen) atoms. The van der Waals surface area contributed by atoms with Gasteiger partial charge in [0.15, 0.2) is 0 Å². The maximum absolute atomic E-state index is 13.1. The zero-order chi connectivity index (χ0) is 21.1. The number of benzene rings is 1. The minimum atomic E-state index is -4.56. The number of halogens is 3. The average molecular weight is 399 g/mol. The Morgan fingerprint density at radius 2 is 1.96 bits per heavy atom. The minimum Gasteiger partial charge on any atom is -0.466 e. The third kappa shape index (κ3) is 4.52. The summed E-state index contributed by atoms with van der Waals surface area (Å²) in [7, 11) is 1.14. The van der Waals surface area contributed by atoms with Crippen molar-refractivity contribution < 1.29 is 37.0 Å². The maximum atomic E-state index is 13.1. The molecule has 6 nitrogen and oxygen atoms in total. The van der Waals surface area contributed by atoms with Crippen LogP contribution in [0.15, 0.2) is 35.5 Å². The van der Waals surface area contributed by atoms with Gasteiger partial charge in [-0.05, 0) is 25.5 Å². The number of rotatable bonds is 5. The van der Waals surface area contributed by atoms with Crippen molar-refractivity contribution in [1.82, 2.24) is 4.90 Å². The van der Waals surface area contributed by atoms with Crippen LogP contribution in [0, 0.1) is 0 Å². The summed E-state index contributed by atoms with van der Waals surface area (Å²) < 4.78 is 48.8. The highest BCUT2D eigenvalue weighted by Gasteiger charge is 2.38. The summed E-state index contributed by atoms with van der Waals surface area (Å²) in [5.41, 5.74) is -0.531. The molecule has 1 aromatic rings. The summed E-state index contributed by atoms with van der Waals surface area (Å²) in [6.07, 6.45) is -4.84. The predicted molar refractivity (Wildman–Crippen MR) is 91.9 cm³/mol. The number of allylic oxidation sites excluding steroid dienone is 1. The van der Waals surface area contributed by atoms with E-state index in [-0.39, 0.29) is 29.9 Å². The molecular weight excluding hydrogens is 379 g/mol. The number of amides is 1. The topological polar surface area (TPSA) is 72.9 Å². The fourth-order valence-electron chi connectivity index (χ4n) is 3.13. The lowest BCUT2D eigenvalue weighted by molar-refractivity contribution is -0.148. The van der Waals surface area contributed by atoms with Gasteiger partial charge in [-0.25, -0.2) is 4.79 Å². The fraction of sp³-hybridized carbons (Fsp3) is 0.421. The molecule has 9 heteroatoms. The van der Waals surface area contributed by atoms with E-state index in [0.29, 0.717) is 0 Å². The molecular formula is C19H20F3NO5. The summed E-state index contributed by atoms with van der Waals surface area (Å²) in [6.45, 7) is 2.79. The Morgan fingerprint density at radius 3 is 2.54 bits per heavy atom. The third-order valence-corrected chi connectivity index (χ3v) is 4.44. The van der Waals surface area contributed by atoms with Gasteiger partial charge in [-0.2, -0.15) is 13.2 Å². The Morgan fingerprint density at radius 1 is 1.29 bits per heavy atom. The molecule has 0 saturated carbocycles. The smallest absolute Gasteiger partial charge is 0.416 e. The standard InChI is InChI=1S/C19H20F3NO5/c1-4-28-16(25)10-23-11(2)17(18(26)27-3)14(9-15(23)24)12-6-5-7-13(8-12)19(20,21)22/h5-8,14H,4,9-10H2,1-3H3. The largest absolute Gasteiger partial charge is 0.466 e. The summed E-state index contributed by atoms with van der Waals surface area (Å²) in [5.74, 6) is -2.85. The zero-order valence-corrected chi connectivity index (χ0v) is 15.6. The van der Waals surface area contributed by atoms with Crippen LogP contribution in [0.1, 0.15) is 37.3 Å². The van der Waals surface area contributed by atoms with Crippen LogP contribution in [-0.4, -0.2) is 43.0 Å². The van der Waals surface area contributed by atoms with Crippen LogP contribution in [0.3, 0.4) is 0 Å². The summed E-state index contributed by atoms with van der Waals surface area (Å²) in [5, 5.41) is 0. The lowest BCUT2D eigenvalue weighted by Gasteiger charge is -2.33. The molecule has 1 aliphatic rings. The second-order valence-electron chi connectivity index (χ2n) is 6.16. The van der Waals surface area contributed by atoms with Crippen LogP contribution in [0.5, 0.6) is 0 Å². The SMILES string of the molecule is CCOC(=O)CN1C(=O)CC(c2cccc(C(F)(F)F)c2)C(C(=O)OC)=C1C. The van der Waals surface area contributed by atoms with Gasteiger partial charge >= 0.3 is 18.1 Å². The Balaban J connectivity index is 2.51. The molecule has 0 aliphatic carbocycles. The van der Waals surface area contributed by atoms with Crippen molar-refractivity contribution in [3.63, 3.8) is 0 Å². The van der Waals surface area contributed by atoms with Crippen molar-refractivity contribution in [3.05, 3.63) is 46.7 Å². The lowest BCUT2D eigenvalue weighted by atomic mass is 9.83. The molecule has 0 aromatic heterocycles. The maximum Gasteiger partial charge on any atom is 0.416 e. The highest BCUT2D eigenvalue weighted by atomic mass is 19.4. The van der Waals surface area contributed by atoms with Crippen molar-refractivity contribution >= 4 is 17.8 Å². The second-order valence-corrected chi connectivity index (χ2v) is 6.16. The molecule has 0 N–H and O–H groups in total. The van der Waals surface area contributed by atoms with Gasteiger partial charge in [-0.15, -0.1) is 0 Å². The van der Waals surface area contributed by atoms with Gasteiger partial charge < -0.3 is 14.4 Å². The van der Waals surface area contributed by atoms with Crippen LogP contribution >= 0.6 is 0 Å². The number of ether oxygens (including phenoxy) is 2. The Kier molecular flexibility index (Phi) is 6.48. The van der Waals surface area contributed by atoms with Gasteiger partial charge in [-0.3, -0.25) is 9.59 Å². The van der Waals surface area contributed by atoms with E-state index in [4.69, 9.17) is 9.47 Å². The normalized spacial score (nSPS) is 17.6. The highest BCUT2D eigenvalue weighted by Crippen LogP contribution is 2.39. The van der Waals surface area contributed by atoms with Crippen LogP contribution in [0.4, 0.5) is 13.2 Å². The molecule has 1 aromatic carbocycles. The van der Waals surface area contributed by atoms with E-state index in [1.165, 1.54) is 19.1 Å². The molecule has 1 amide bonds. The van der Waals surface area contributed by atoms with Gasteiger partial charge in [0, 0.05) is 18.0 Å². The molecule has 1 heterocycles. The number of alkyl halides is 3. The highest BCUT2D eigenvalue weighted by molar-refractivity contribution is 5.96. The van der Waals surface area contributed by atoms with Crippen LogP contribution in [0.2, 0.25) is 0 Å². The lowest BCUT2D eigenvalue weighted by Crippen LogP contribution is -2.41. The first-order valence-corrected chi connectivity index (χ1v) is 8.52. The third-order valence-electron chi connectivity index (χ3n) is 4.44. The van der Waals surface area contributed by atoms with E-state index in [2.05, 4.69) is 0 Å². The van der Waals surface area contributed by atoms with Crippen molar-refractivity contribution in [2.24, 2.45) is 0 Å². The molecule has 2 rings (SSSR count). The van der Waals surface area contributed by atoms with E-state index in [9.17, 15) is 27.6 Å². The van der Waals surface area contributed by atoms with Crippen LogP contribution in [-0.2, 0) is 30.0 Å². The first kappa shape index (κ1) is 21.5. The number of carbonyl (C=O) groups is 3. The molecule has 1 unspecified atom stereocenters. The summed E-state index contributed by atoms with van der Waals surface area (Å²) in [4.78, 5) is 37.8. The van der Waals surface area contributed by atoms with Crippen LogP contribution < -0.4 is 0 Å². The molecule has 1 atom stereocenters. The Hall–Kier alpha value is -2.84. The van der Waals surface area contributed by atoms with E-state index in [1.807, 2.05) is 0 Å². The molecule has 0 spiro atoms. The monoisotopic (exact) mass is 399 g/mol. The van der Waals surface area contributed by atoms with Crippen molar-refractivity contribution in [2.75, 3.05) is 20.3 Å². The molecule has 0 bridgehead atoms. The number of nitrogens with zero attached hydrogens (tertiary/aromatic N) is 1. The number of hydrogen-bond acceptors (Lipinski definition) is 5. The van der Waals surface area contributed by atoms with Crippen LogP contribution in [0.25, 0.3) is 0 Å². The van der Waals surface area contributed by atoms with Crippen molar-refractivity contribution in [1.29, 1.82) is 0 Å². The van der Waals surface area contributed by atoms with Gasteiger partial charge in [0.25, 0.3) is 0 Å². The molecule has 0 fully saturated rings.